The van der Waals surface area contributed by atoms with E-state index in [1.54, 1.807) is 0 Å². The molecule has 214 valence electrons. The van der Waals surface area contributed by atoms with Crippen LogP contribution >= 0.6 is 0 Å². The molecule has 0 saturated carbocycles. The van der Waals surface area contributed by atoms with E-state index in [0.717, 1.165) is 49.8 Å². The van der Waals surface area contributed by atoms with Gasteiger partial charge in [-0.1, -0.05) is 146 Å². The van der Waals surface area contributed by atoms with Gasteiger partial charge in [-0.2, -0.15) is 0 Å². The highest BCUT2D eigenvalue weighted by Gasteiger charge is 2.16. The lowest BCUT2D eigenvalue weighted by molar-refractivity contribution is 1.37. The summed E-state index contributed by atoms with van der Waals surface area (Å²) in [6, 6.07) is 58.4. The van der Waals surface area contributed by atoms with E-state index in [0.29, 0.717) is 0 Å². The van der Waals surface area contributed by atoms with Crippen molar-refractivity contribution in [2.24, 2.45) is 0 Å². The summed E-state index contributed by atoms with van der Waals surface area (Å²) in [6.45, 7) is 0. The first-order valence-corrected chi connectivity index (χ1v) is 15.7. The highest BCUT2D eigenvalue weighted by Crippen LogP contribution is 2.40. The van der Waals surface area contributed by atoms with Crippen molar-refractivity contribution < 1.29 is 0 Å². The fraction of sp³-hybridized carbons (Fsp3) is 0. The molecule has 2 heteroatoms. The summed E-state index contributed by atoms with van der Waals surface area (Å²) in [5.74, 6) is 0. The van der Waals surface area contributed by atoms with Crippen LogP contribution in [0.4, 0.5) is 0 Å². The molecule has 0 aliphatic carbocycles. The summed E-state index contributed by atoms with van der Waals surface area (Å²) in [7, 11) is 0. The molecule has 2 heterocycles. The van der Waals surface area contributed by atoms with Gasteiger partial charge in [0.15, 0.2) is 0 Å². The lowest BCUT2D eigenvalue weighted by Crippen LogP contribution is -1.94. The first-order chi connectivity index (χ1) is 22.8. The third kappa shape index (κ3) is 4.35. The number of hydrogen-bond acceptors (Lipinski definition) is 2. The Kier molecular flexibility index (Phi) is 6.17. The van der Waals surface area contributed by atoms with Crippen molar-refractivity contribution in [1.82, 2.24) is 9.97 Å². The summed E-state index contributed by atoms with van der Waals surface area (Å²) in [5, 5.41) is 7.23. The maximum absolute atomic E-state index is 5.27. The van der Waals surface area contributed by atoms with Crippen molar-refractivity contribution in [1.29, 1.82) is 0 Å². The highest BCUT2D eigenvalue weighted by molar-refractivity contribution is 6.14. The van der Waals surface area contributed by atoms with Crippen LogP contribution in [0.3, 0.4) is 0 Å². The van der Waals surface area contributed by atoms with Gasteiger partial charge < -0.3 is 0 Å². The van der Waals surface area contributed by atoms with E-state index >= 15 is 0 Å². The van der Waals surface area contributed by atoms with E-state index in [1.807, 2.05) is 12.3 Å². The largest absolute Gasteiger partial charge is 0.254 e. The third-order valence-electron chi connectivity index (χ3n) is 9.10. The van der Waals surface area contributed by atoms with Gasteiger partial charge in [-0.3, -0.25) is 4.98 Å². The van der Waals surface area contributed by atoms with Crippen molar-refractivity contribution in [3.63, 3.8) is 0 Å². The van der Waals surface area contributed by atoms with E-state index in [9.17, 15) is 0 Å². The van der Waals surface area contributed by atoms with E-state index < -0.39 is 0 Å². The Morgan fingerprint density at radius 3 is 1.57 bits per heavy atom. The summed E-state index contributed by atoms with van der Waals surface area (Å²) in [6.07, 6.45) is 1.91. The molecule has 0 aliphatic heterocycles. The molecule has 0 unspecified atom stereocenters. The molecule has 0 radical (unpaired) electrons. The van der Waals surface area contributed by atoms with Crippen LogP contribution in [-0.2, 0) is 0 Å². The molecule has 0 fully saturated rings. The lowest BCUT2D eigenvalue weighted by Gasteiger charge is -2.15. The predicted molar refractivity (Wildman–Crippen MR) is 194 cm³/mol. The number of hydrogen-bond donors (Lipinski definition) is 0. The number of aromatic nitrogens is 2. The van der Waals surface area contributed by atoms with Crippen LogP contribution in [0.1, 0.15) is 0 Å². The predicted octanol–water partition coefficient (Wildman–Crippen LogP) is 11.8. The van der Waals surface area contributed by atoms with Crippen molar-refractivity contribution in [3.05, 3.63) is 170 Å². The second-order valence-corrected chi connectivity index (χ2v) is 11.8. The Bertz CT molecular complexity index is 2500. The van der Waals surface area contributed by atoms with Gasteiger partial charge in [-0.15, -0.1) is 0 Å². The molecule has 0 atom stereocenters. The molecule has 46 heavy (non-hydrogen) atoms. The van der Waals surface area contributed by atoms with E-state index in [-0.39, 0.29) is 0 Å². The van der Waals surface area contributed by atoms with Gasteiger partial charge in [-0.05, 0) is 73.1 Å². The quantitative estimate of drug-likeness (QED) is 0.152. The first-order valence-electron chi connectivity index (χ1n) is 15.7. The van der Waals surface area contributed by atoms with Crippen LogP contribution in [-0.4, -0.2) is 9.97 Å². The molecule has 9 aromatic rings. The number of pyridine rings is 2. The molecule has 0 aliphatic rings. The van der Waals surface area contributed by atoms with Gasteiger partial charge in [0.05, 0.1) is 16.7 Å². The molecular weight excluding hydrogens is 556 g/mol. The van der Waals surface area contributed by atoms with Crippen molar-refractivity contribution in [2.45, 2.75) is 0 Å². The molecule has 9 rings (SSSR count). The van der Waals surface area contributed by atoms with Crippen LogP contribution in [0, 0.1) is 0 Å². The molecule has 2 nitrogen and oxygen atoms in total. The molecule has 2 aromatic heterocycles. The van der Waals surface area contributed by atoms with E-state index in [2.05, 4.69) is 158 Å². The minimum absolute atomic E-state index is 0.913. The van der Waals surface area contributed by atoms with Crippen LogP contribution in [0.15, 0.2) is 170 Å². The van der Waals surface area contributed by atoms with Crippen LogP contribution in [0.25, 0.3) is 88.0 Å². The minimum atomic E-state index is 0.913. The molecule has 0 bridgehead atoms. The zero-order valence-corrected chi connectivity index (χ0v) is 25.1. The topological polar surface area (TPSA) is 25.8 Å². The summed E-state index contributed by atoms with van der Waals surface area (Å²) < 4.78 is 0. The van der Waals surface area contributed by atoms with Gasteiger partial charge in [0.2, 0.25) is 0 Å². The van der Waals surface area contributed by atoms with Crippen molar-refractivity contribution in [2.75, 3.05) is 0 Å². The molecule has 0 saturated heterocycles. The Hall–Kier alpha value is -6.12. The third-order valence-corrected chi connectivity index (χ3v) is 9.10. The van der Waals surface area contributed by atoms with Gasteiger partial charge in [0.1, 0.15) is 0 Å². The van der Waals surface area contributed by atoms with Gasteiger partial charge in [0.25, 0.3) is 0 Å². The Morgan fingerprint density at radius 2 is 0.891 bits per heavy atom. The van der Waals surface area contributed by atoms with E-state index in [1.165, 1.54) is 38.2 Å². The molecule has 0 spiro atoms. The lowest BCUT2D eigenvalue weighted by atomic mass is 9.90. The molecule has 7 aromatic carbocycles. The van der Waals surface area contributed by atoms with Crippen LogP contribution in [0.2, 0.25) is 0 Å². The average Bonchev–Trinajstić information content (AvgIpc) is 3.14. The Morgan fingerprint density at radius 1 is 0.348 bits per heavy atom. The van der Waals surface area contributed by atoms with Crippen LogP contribution < -0.4 is 0 Å². The number of nitrogens with zero attached hydrogens (tertiary/aromatic N) is 2. The number of rotatable bonds is 4. The molecule has 0 amide bonds. The maximum atomic E-state index is 5.27. The fourth-order valence-electron chi connectivity index (χ4n) is 6.91. The SMILES string of the molecule is c1ccc(-c2cc(-c3ccc(-c4c5ccccc5cc5ccccc45)cc3)c3ccc4c(-c5ccccc5)ccnc4c3n2)cc1. The van der Waals surface area contributed by atoms with Crippen LogP contribution in [0.5, 0.6) is 0 Å². The van der Waals surface area contributed by atoms with Crippen molar-refractivity contribution >= 4 is 43.4 Å². The second-order valence-electron chi connectivity index (χ2n) is 11.8. The first kappa shape index (κ1) is 26.3. The number of fused-ring (bicyclic) bond motifs is 5. The summed E-state index contributed by atoms with van der Waals surface area (Å²) >= 11 is 0. The average molecular weight is 585 g/mol. The monoisotopic (exact) mass is 584 g/mol. The Balaban J connectivity index is 1.27. The zero-order valence-electron chi connectivity index (χ0n) is 25.1. The zero-order chi connectivity index (χ0) is 30.5. The smallest absolute Gasteiger partial charge is 0.0978 e. The summed E-state index contributed by atoms with van der Waals surface area (Å²) in [4.78, 5) is 10.2. The highest BCUT2D eigenvalue weighted by atomic mass is 14.8. The van der Waals surface area contributed by atoms with Gasteiger partial charge in [-0.25, -0.2) is 4.98 Å². The van der Waals surface area contributed by atoms with E-state index in [4.69, 9.17) is 9.97 Å². The van der Waals surface area contributed by atoms with Gasteiger partial charge >= 0.3 is 0 Å². The minimum Gasteiger partial charge on any atom is -0.254 e. The second kappa shape index (κ2) is 10.8. The normalized spacial score (nSPS) is 11.5. The molecular formula is C44H28N2. The van der Waals surface area contributed by atoms with Crippen molar-refractivity contribution in [3.8, 4) is 44.6 Å². The standard InChI is InChI=1S/C44H28N2/c1-3-11-29(12-4-1)35-25-26-45-43-38(35)23-24-39-40(28-41(46-44(39)43)31-13-5-2-6-14-31)30-19-21-32(22-20-30)42-36-17-9-7-15-33(36)27-34-16-8-10-18-37(34)42/h1-28H. The Labute approximate surface area is 267 Å². The number of benzene rings is 7. The summed E-state index contributed by atoms with van der Waals surface area (Å²) in [5.41, 5.74) is 11.0. The van der Waals surface area contributed by atoms with Gasteiger partial charge in [0, 0.05) is 22.5 Å². The maximum Gasteiger partial charge on any atom is 0.0978 e. The molecule has 0 N–H and O–H groups in total. The fourth-order valence-corrected chi connectivity index (χ4v) is 6.91.